The van der Waals surface area contributed by atoms with Crippen molar-refractivity contribution in [1.29, 1.82) is 0 Å². The molecule has 0 aliphatic heterocycles. The van der Waals surface area contributed by atoms with Crippen LogP contribution in [0.3, 0.4) is 0 Å². The molecule has 1 aromatic rings. The van der Waals surface area contributed by atoms with Crippen LogP contribution in [0.1, 0.15) is 58.1 Å². The van der Waals surface area contributed by atoms with E-state index in [0.29, 0.717) is 6.04 Å². The summed E-state index contributed by atoms with van der Waals surface area (Å²) in [6.07, 6.45) is 5.67. The number of likely N-dealkylation sites (N-methyl/N-ethyl adjacent to an activating group) is 1. The van der Waals surface area contributed by atoms with Crippen molar-refractivity contribution >= 4 is 0 Å². The number of fused-ring (bicyclic) bond motifs is 1. The summed E-state index contributed by atoms with van der Waals surface area (Å²) in [6, 6.07) is 10.0. The first-order valence-corrected chi connectivity index (χ1v) is 8.80. The summed E-state index contributed by atoms with van der Waals surface area (Å²) < 4.78 is 0. The molecule has 0 saturated heterocycles. The van der Waals surface area contributed by atoms with Crippen molar-refractivity contribution < 1.29 is 0 Å². The van der Waals surface area contributed by atoms with Crippen LogP contribution in [0, 0.1) is 17.8 Å². The molecule has 0 aromatic heterocycles. The average Bonchev–Trinajstić information content (AvgIpc) is 3.04. The second-order valence-corrected chi connectivity index (χ2v) is 8.30. The summed E-state index contributed by atoms with van der Waals surface area (Å²) in [5.74, 6) is 3.08. The lowest BCUT2D eigenvalue weighted by molar-refractivity contribution is 0.337. The summed E-state index contributed by atoms with van der Waals surface area (Å²) in [5, 5.41) is 3.76. The van der Waals surface area contributed by atoms with E-state index in [-0.39, 0.29) is 5.41 Å². The van der Waals surface area contributed by atoms with Crippen LogP contribution < -0.4 is 5.32 Å². The van der Waals surface area contributed by atoms with Crippen LogP contribution in [0.15, 0.2) is 24.3 Å². The maximum Gasteiger partial charge on any atom is 0.0136 e. The quantitative estimate of drug-likeness (QED) is 0.837. The molecule has 2 saturated carbocycles. The van der Waals surface area contributed by atoms with Gasteiger partial charge in [0.25, 0.3) is 0 Å². The summed E-state index contributed by atoms with van der Waals surface area (Å²) >= 11 is 0. The van der Waals surface area contributed by atoms with Gasteiger partial charge in [0.15, 0.2) is 0 Å². The third-order valence-electron chi connectivity index (χ3n) is 5.59. The second-order valence-electron chi connectivity index (χ2n) is 8.30. The van der Waals surface area contributed by atoms with Crippen LogP contribution in [-0.4, -0.2) is 12.6 Å². The van der Waals surface area contributed by atoms with Crippen molar-refractivity contribution in [3.8, 4) is 0 Å². The standard InChI is InChI=1S/C20H31N/c1-5-21-19(17-12-15-11-16(15)13-17)10-14-6-8-18(9-7-14)20(2,3)4/h6-9,15-17,19,21H,5,10-13H2,1-4H3. The minimum Gasteiger partial charge on any atom is -0.314 e. The fraction of sp³-hybridized carbons (Fsp3) is 0.700. The van der Waals surface area contributed by atoms with Crippen molar-refractivity contribution in [2.75, 3.05) is 6.54 Å². The van der Waals surface area contributed by atoms with Gasteiger partial charge in [-0.3, -0.25) is 0 Å². The van der Waals surface area contributed by atoms with Gasteiger partial charge in [-0.05, 0) is 66.5 Å². The van der Waals surface area contributed by atoms with Crippen LogP contribution in [0.25, 0.3) is 0 Å². The highest BCUT2D eigenvalue weighted by Crippen LogP contribution is 2.55. The minimum absolute atomic E-state index is 0.256. The molecule has 3 rings (SSSR count). The largest absolute Gasteiger partial charge is 0.314 e. The Hall–Kier alpha value is -0.820. The molecule has 1 heteroatoms. The van der Waals surface area contributed by atoms with E-state index < -0.39 is 0 Å². The van der Waals surface area contributed by atoms with Gasteiger partial charge in [0.2, 0.25) is 0 Å². The monoisotopic (exact) mass is 285 g/mol. The molecule has 0 heterocycles. The maximum atomic E-state index is 3.76. The molecule has 2 aliphatic carbocycles. The van der Waals surface area contributed by atoms with E-state index in [2.05, 4.69) is 57.3 Å². The van der Waals surface area contributed by atoms with Crippen molar-refractivity contribution in [2.24, 2.45) is 17.8 Å². The zero-order chi connectivity index (χ0) is 15.0. The Morgan fingerprint density at radius 1 is 1.05 bits per heavy atom. The molecule has 2 fully saturated rings. The molecule has 2 aliphatic rings. The Bertz CT molecular complexity index is 458. The van der Waals surface area contributed by atoms with Crippen LogP contribution in [-0.2, 0) is 11.8 Å². The molecule has 1 N–H and O–H groups in total. The minimum atomic E-state index is 0.256. The van der Waals surface area contributed by atoms with Gasteiger partial charge in [-0.25, -0.2) is 0 Å². The van der Waals surface area contributed by atoms with Gasteiger partial charge in [-0.2, -0.15) is 0 Å². The average molecular weight is 285 g/mol. The topological polar surface area (TPSA) is 12.0 Å². The third kappa shape index (κ3) is 3.51. The van der Waals surface area contributed by atoms with Crippen molar-refractivity contribution in [3.63, 3.8) is 0 Å². The van der Waals surface area contributed by atoms with Crippen molar-refractivity contribution in [2.45, 2.75) is 64.8 Å². The highest BCUT2D eigenvalue weighted by molar-refractivity contribution is 5.28. The molecule has 0 radical (unpaired) electrons. The first-order valence-electron chi connectivity index (χ1n) is 8.80. The van der Waals surface area contributed by atoms with Gasteiger partial charge in [0.05, 0.1) is 0 Å². The number of rotatable bonds is 5. The predicted octanol–water partition coefficient (Wildman–Crippen LogP) is 4.55. The lowest BCUT2D eigenvalue weighted by atomic mass is 9.85. The summed E-state index contributed by atoms with van der Waals surface area (Å²) in [5.41, 5.74) is 3.19. The van der Waals surface area contributed by atoms with Crippen LogP contribution in [0.5, 0.6) is 0 Å². The molecule has 3 atom stereocenters. The summed E-state index contributed by atoms with van der Waals surface area (Å²) in [7, 11) is 0. The fourth-order valence-corrected chi connectivity index (χ4v) is 4.15. The lowest BCUT2D eigenvalue weighted by Gasteiger charge is -2.26. The molecule has 116 valence electrons. The highest BCUT2D eigenvalue weighted by atomic mass is 14.9. The number of nitrogens with one attached hydrogen (secondary N) is 1. The Balaban J connectivity index is 1.65. The Labute approximate surface area is 130 Å². The normalized spacial score (nSPS) is 29.2. The SMILES string of the molecule is CCNC(Cc1ccc(C(C)(C)C)cc1)C1CC2CC2C1. The molecule has 3 unspecified atom stereocenters. The maximum absolute atomic E-state index is 3.76. The molecule has 0 amide bonds. The summed E-state index contributed by atoms with van der Waals surface area (Å²) in [4.78, 5) is 0. The predicted molar refractivity (Wildman–Crippen MR) is 90.6 cm³/mol. The molecular formula is C20H31N. The van der Waals surface area contributed by atoms with Gasteiger partial charge < -0.3 is 5.32 Å². The summed E-state index contributed by atoms with van der Waals surface area (Å²) in [6.45, 7) is 10.2. The van der Waals surface area contributed by atoms with Crippen LogP contribution >= 0.6 is 0 Å². The van der Waals surface area contributed by atoms with Gasteiger partial charge in [0.1, 0.15) is 0 Å². The smallest absolute Gasteiger partial charge is 0.0136 e. The van der Waals surface area contributed by atoms with E-state index in [0.717, 1.165) is 24.3 Å². The van der Waals surface area contributed by atoms with E-state index in [9.17, 15) is 0 Å². The van der Waals surface area contributed by atoms with E-state index in [1.807, 2.05) is 0 Å². The van der Waals surface area contributed by atoms with E-state index in [1.54, 1.807) is 0 Å². The van der Waals surface area contributed by atoms with Crippen molar-refractivity contribution in [1.82, 2.24) is 5.32 Å². The Morgan fingerprint density at radius 2 is 1.67 bits per heavy atom. The van der Waals surface area contributed by atoms with E-state index >= 15 is 0 Å². The van der Waals surface area contributed by atoms with Gasteiger partial charge >= 0.3 is 0 Å². The van der Waals surface area contributed by atoms with Gasteiger partial charge in [-0.1, -0.05) is 52.0 Å². The van der Waals surface area contributed by atoms with Crippen molar-refractivity contribution in [3.05, 3.63) is 35.4 Å². The fourth-order valence-electron chi connectivity index (χ4n) is 4.15. The van der Waals surface area contributed by atoms with Crippen LogP contribution in [0.2, 0.25) is 0 Å². The second kappa shape index (κ2) is 5.76. The third-order valence-corrected chi connectivity index (χ3v) is 5.59. The number of hydrogen-bond donors (Lipinski definition) is 1. The zero-order valence-corrected chi connectivity index (χ0v) is 14.2. The molecule has 0 spiro atoms. The van der Waals surface area contributed by atoms with Crippen LogP contribution in [0.4, 0.5) is 0 Å². The van der Waals surface area contributed by atoms with E-state index in [1.165, 1.54) is 36.8 Å². The van der Waals surface area contributed by atoms with Gasteiger partial charge in [-0.15, -0.1) is 0 Å². The molecule has 1 nitrogen and oxygen atoms in total. The molecule has 0 bridgehead atoms. The first-order chi connectivity index (χ1) is 9.97. The lowest BCUT2D eigenvalue weighted by Crippen LogP contribution is -2.37. The Kier molecular flexibility index (Phi) is 4.14. The number of benzene rings is 1. The van der Waals surface area contributed by atoms with E-state index in [4.69, 9.17) is 0 Å². The zero-order valence-electron chi connectivity index (χ0n) is 14.2. The molecule has 1 aromatic carbocycles. The molecule has 21 heavy (non-hydrogen) atoms. The van der Waals surface area contributed by atoms with Gasteiger partial charge in [0, 0.05) is 6.04 Å². The number of hydrogen-bond acceptors (Lipinski definition) is 1. The first kappa shape index (κ1) is 15.1. The Morgan fingerprint density at radius 3 is 2.19 bits per heavy atom. The highest BCUT2D eigenvalue weighted by Gasteiger charge is 2.47. The molecular weight excluding hydrogens is 254 g/mol.